The normalized spacial score (nSPS) is 27.1. The molecule has 15 heavy (non-hydrogen) atoms. The first-order valence-electron chi connectivity index (χ1n) is 6.13. The van der Waals surface area contributed by atoms with E-state index in [4.69, 9.17) is 0 Å². The minimum Gasteiger partial charge on any atom is -0.300 e. The van der Waals surface area contributed by atoms with Crippen molar-refractivity contribution >= 4 is 0 Å². The number of nitrogens with zero attached hydrogens (tertiary/aromatic N) is 1. The highest BCUT2D eigenvalue weighted by molar-refractivity contribution is 5.25. The van der Waals surface area contributed by atoms with E-state index in [1.54, 1.807) is 5.56 Å². The average molecular weight is 201 g/mol. The summed E-state index contributed by atoms with van der Waals surface area (Å²) in [6.45, 7) is 4.78. The smallest absolute Gasteiger partial charge is 0.00966 e. The van der Waals surface area contributed by atoms with Gasteiger partial charge in [0.15, 0.2) is 0 Å². The number of rotatable bonds is 2. The molecule has 1 heterocycles. The molecule has 2 fully saturated rings. The zero-order chi connectivity index (χ0) is 10.3. The lowest BCUT2D eigenvalue weighted by atomic mass is 9.98. The van der Waals surface area contributed by atoms with Gasteiger partial charge < -0.3 is 0 Å². The molecular formula is C14H19N. The Morgan fingerprint density at radius 1 is 1.07 bits per heavy atom. The standard InChI is InChI=1S/C14H19N/c1-11-2-4-12(5-3-11)13-8-9-15(10-13)14-6-7-14/h2-5,13-14H,6-10H2,1H3. The molecule has 1 heteroatoms. The Morgan fingerprint density at radius 3 is 2.47 bits per heavy atom. The number of likely N-dealkylation sites (tertiary alicyclic amines) is 1. The van der Waals surface area contributed by atoms with Crippen LogP contribution in [0.3, 0.4) is 0 Å². The zero-order valence-corrected chi connectivity index (χ0v) is 9.45. The van der Waals surface area contributed by atoms with Crippen LogP contribution in [-0.4, -0.2) is 24.0 Å². The predicted molar refractivity (Wildman–Crippen MR) is 63.1 cm³/mol. The number of hydrogen-bond donors (Lipinski definition) is 0. The molecule has 1 atom stereocenters. The van der Waals surface area contributed by atoms with Crippen molar-refractivity contribution in [2.24, 2.45) is 0 Å². The molecule has 1 nitrogen and oxygen atoms in total. The molecule has 0 radical (unpaired) electrons. The van der Waals surface area contributed by atoms with Gasteiger partial charge >= 0.3 is 0 Å². The van der Waals surface area contributed by atoms with Gasteiger partial charge in [0.1, 0.15) is 0 Å². The summed E-state index contributed by atoms with van der Waals surface area (Å²) >= 11 is 0. The Hall–Kier alpha value is -0.820. The molecule has 0 N–H and O–H groups in total. The molecule has 1 aromatic carbocycles. The lowest BCUT2D eigenvalue weighted by Crippen LogP contribution is -2.22. The SMILES string of the molecule is Cc1ccc(C2CCN(C3CC3)C2)cc1. The van der Waals surface area contributed by atoms with Gasteiger partial charge in [-0.05, 0) is 44.2 Å². The molecule has 1 saturated carbocycles. The van der Waals surface area contributed by atoms with Crippen LogP contribution in [0.5, 0.6) is 0 Å². The summed E-state index contributed by atoms with van der Waals surface area (Å²) in [5.74, 6) is 0.797. The van der Waals surface area contributed by atoms with Crippen LogP contribution >= 0.6 is 0 Å². The van der Waals surface area contributed by atoms with Gasteiger partial charge in [-0.1, -0.05) is 29.8 Å². The average Bonchev–Trinajstić information content (AvgIpc) is 2.99. The van der Waals surface area contributed by atoms with Gasteiger partial charge in [0.2, 0.25) is 0 Å². The molecule has 80 valence electrons. The van der Waals surface area contributed by atoms with E-state index >= 15 is 0 Å². The predicted octanol–water partition coefficient (Wildman–Crippen LogP) is 2.95. The Balaban J connectivity index is 1.70. The highest BCUT2D eigenvalue weighted by Gasteiger charge is 2.34. The highest BCUT2D eigenvalue weighted by atomic mass is 15.2. The number of hydrogen-bond acceptors (Lipinski definition) is 1. The van der Waals surface area contributed by atoms with E-state index in [0.717, 1.165) is 12.0 Å². The van der Waals surface area contributed by atoms with Crippen LogP contribution in [0.2, 0.25) is 0 Å². The Labute approximate surface area is 92.1 Å². The second-order valence-corrected chi connectivity index (χ2v) is 5.12. The summed E-state index contributed by atoms with van der Waals surface area (Å²) in [7, 11) is 0. The van der Waals surface area contributed by atoms with E-state index < -0.39 is 0 Å². The van der Waals surface area contributed by atoms with Gasteiger partial charge in [-0.25, -0.2) is 0 Å². The molecule has 1 aliphatic heterocycles. The molecule has 1 unspecified atom stereocenters. The third-order valence-electron chi connectivity index (χ3n) is 3.83. The van der Waals surface area contributed by atoms with Crippen molar-refractivity contribution in [2.45, 2.75) is 38.1 Å². The van der Waals surface area contributed by atoms with Gasteiger partial charge in [0, 0.05) is 12.6 Å². The molecule has 2 aliphatic rings. The van der Waals surface area contributed by atoms with Crippen molar-refractivity contribution < 1.29 is 0 Å². The lowest BCUT2D eigenvalue weighted by Gasteiger charge is -2.14. The van der Waals surface area contributed by atoms with Crippen LogP contribution in [0, 0.1) is 6.92 Å². The molecule has 1 aliphatic carbocycles. The summed E-state index contributed by atoms with van der Waals surface area (Å²) < 4.78 is 0. The second kappa shape index (κ2) is 3.64. The number of aryl methyl sites for hydroxylation is 1. The Morgan fingerprint density at radius 2 is 1.80 bits per heavy atom. The van der Waals surface area contributed by atoms with Gasteiger partial charge in [-0.3, -0.25) is 4.90 Å². The second-order valence-electron chi connectivity index (χ2n) is 5.12. The highest BCUT2D eigenvalue weighted by Crippen LogP contribution is 2.35. The van der Waals surface area contributed by atoms with E-state index in [-0.39, 0.29) is 0 Å². The van der Waals surface area contributed by atoms with Crippen molar-refractivity contribution in [1.82, 2.24) is 4.90 Å². The van der Waals surface area contributed by atoms with Crippen molar-refractivity contribution in [3.05, 3.63) is 35.4 Å². The number of benzene rings is 1. The van der Waals surface area contributed by atoms with Crippen LogP contribution in [0.1, 0.15) is 36.3 Å². The van der Waals surface area contributed by atoms with Crippen LogP contribution in [-0.2, 0) is 0 Å². The fourth-order valence-electron chi connectivity index (χ4n) is 2.67. The van der Waals surface area contributed by atoms with Gasteiger partial charge in [0.25, 0.3) is 0 Å². The minimum atomic E-state index is 0.797. The molecule has 1 aromatic rings. The monoisotopic (exact) mass is 201 g/mol. The third-order valence-corrected chi connectivity index (χ3v) is 3.83. The molecule has 3 rings (SSSR count). The summed E-state index contributed by atoms with van der Waals surface area (Å²) in [6, 6.07) is 10.1. The van der Waals surface area contributed by atoms with Crippen molar-refractivity contribution in [1.29, 1.82) is 0 Å². The quantitative estimate of drug-likeness (QED) is 0.711. The maximum atomic E-state index is 2.69. The molecule has 1 saturated heterocycles. The maximum absolute atomic E-state index is 2.69. The van der Waals surface area contributed by atoms with Crippen LogP contribution in [0.4, 0.5) is 0 Å². The first-order valence-corrected chi connectivity index (χ1v) is 6.13. The summed E-state index contributed by atoms with van der Waals surface area (Å²) in [5.41, 5.74) is 2.92. The van der Waals surface area contributed by atoms with Crippen molar-refractivity contribution in [3.63, 3.8) is 0 Å². The Bertz CT molecular complexity index is 337. The van der Waals surface area contributed by atoms with Gasteiger partial charge in [0.05, 0.1) is 0 Å². The van der Waals surface area contributed by atoms with E-state index in [2.05, 4.69) is 36.1 Å². The summed E-state index contributed by atoms with van der Waals surface area (Å²) in [4.78, 5) is 2.69. The van der Waals surface area contributed by atoms with E-state index in [1.807, 2.05) is 0 Å². The van der Waals surface area contributed by atoms with Crippen LogP contribution < -0.4 is 0 Å². The first kappa shape index (κ1) is 9.41. The maximum Gasteiger partial charge on any atom is 0.00966 e. The van der Waals surface area contributed by atoms with Crippen molar-refractivity contribution in [3.8, 4) is 0 Å². The van der Waals surface area contributed by atoms with Gasteiger partial charge in [-0.15, -0.1) is 0 Å². The first-order chi connectivity index (χ1) is 7.33. The van der Waals surface area contributed by atoms with Crippen LogP contribution in [0.25, 0.3) is 0 Å². The van der Waals surface area contributed by atoms with E-state index in [0.29, 0.717) is 0 Å². The van der Waals surface area contributed by atoms with Crippen LogP contribution in [0.15, 0.2) is 24.3 Å². The molecule has 0 aromatic heterocycles. The largest absolute Gasteiger partial charge is 0.300 e. The zero-order valence-electron chi connectivity index (χ0n) is 9.45. The molecule has 0 bridgehead atoms. The fourth-order valence-corrected chi connectivity index (χ4v) is 2.67. The van der Waals surface area contributed by atoms with E-state index in [9.17, 15) is 0 Å². The van der Waals surface area contributed by atoms with Crippen molar-refractivity contribution in [2.75, 3.05) is 13.1 Å². The Kier molecular flexibility index (Phi) is 2.28. The molecule has 0 amide bonds. The molecular weight excluding hydrogens is 182 g/mol. The summed E-state index contributed by atoms with van der Waals surface area (Å²) in [6.07, 6.45) is 4.25. The molecule has 0 spiro atoms. The third kappa shape index (κ3) is 1.93. The lowest BCUT2D eigenvalue weighted by molar-refractivity contribution is 0.324. The topological polar surface area (TPSA) is 3.24 Å². The van der Waals surface area contributed by atoms with Gasteiger partial charge in [-0.2, -0.15) is 0 Å². The fraction of sp³-hybridized carbons (Fsp3) is 0.571. The summed E-state index contributed by atoms with van der Waals surface area (Å²) in [5, 5.41) is 0. The van der Waals surface area contributed by atoms with E-state index in [1.165, 1.54) is 37.9 Å². The minimum absolute atomic E-state index is 0.797.